The maximum absolute atomic E-state index is 12.2. The minimum Gasteiger partial charge on any atom is -0.503 e. The van der Waals surface area contributed by atoms with Crippen LogP contribution in [0, 0.1) is 0 Å². The zero-order chi connectivity index (χ0) is 10.0. The summed E-state index contributed by atoms with van der Waals surface area (Å²) in [6, 6.07) is 0. The average molecular weight is 189 g/mol. The molecular formula is C7H5F2NO3. The van der Waals surface area contributed by atoms with Crippen molar-refractivity contribution in [3.8, 4) is 5.75 Å². The summed E-state index contributed by atoms with van der Waals surface area (Å²) in [7, 11) is 0. The second-order valence-electron chi connectivity index (χ2n) is 2.25. The zero-order valence-corrected chi connectivity index (χ0v) is 6.25. The third kappa shape index (κ3) is 1.56. The lowest BCUT2D eigenvalue weighted by Crippen LogP contribution is -2.13. The summed E-state index contributed by atoms with van der Waals surface area (Å²) in [5.74, 6) is -0.832. The topological polar surface area (TPSA) is 70.2 Å². The fourth-order valence-electron chi connectivity index (χ4n) is 0.864. The highest BCUT2D eigenvalue weighted by molar-refractivity contribution is 5.74. The van der Waals surface area contributed by atoms with Crippen molar-refractivity contribution in [2.24, 2.45) is 0 Å². The van der Waals surface area contributed by atoms with Crippen LogP contribution in [0.3, 0.4) is 0 Å². The summed E-state index contributed by atoms with van der Waals surface area (Å²) in [5.41, 5.74) is -2.75. The Hall–Kier alpha value is -1.72. The summed E-state index contributed by atoms with van der Waals surface area (Å²) in [5, 5.41) is 8.78. The quantitative estimate of drug-likeness (QED) is 0.677. The number of pyridine rings is 1. The Balaban J connectivity index is 3.50. The Kier molecular flexibility index (Phi) is 2.41. The fourth-order valence-corrected chi connectivity index (χ4v) is 0.864. The van der Waals surface area contributed by atoms with Crippen LogP contribution in [0.1, 0.15) is 22.5 Å². The largest absolute Gasteiger partial charge is 0.503 e. The molecule has 13 heavy (non-hydrogen) atoms. The van der Waals surface area contributed by atoms with Crippen molar-refractivity contribution < 1.29 is 18.7 Å². The van der Waals surface area contributed by atoms with Gasteiger partial charge in [-0.15, -0.1) is 0 Å². The molecule has 4 nitrogen and oxygen atoms in total. The molecule has 6 heteroatoms. The molecule has 0 aromatic carbocycles. The maximum Gasteiger partial charge on any atom is 0.269 e. The summed E-state index contributed by atoms with van der Waals surface area (Å²) in [6.45, 7) is 0. The number of rotatable bonds is 2. The summed E-state index contributed by atoms with van der Waals surface area (Å²) < 4.78 is 24.3. The van der Waals surface area contributed by atoms with E-state index in [9.17, 15) is 18.4 Å². The molecule has 0 amide bonds. The summed E-state index contributed by atoms with van der Waals surface area (Å²) in [4.78, 5) is 23.2. The van der Waals surface area contributed by atoms with Crippen LogP contribution in [0.5, 0.6) is 5.75 Å². The van der Waals surface area contributed by atoms with Crippen molar-refractivity contribution in [2.75, 3.05) is 0 Å². The minimum absolute atomic E-state index is 0.0995. The Morgan fingerprint density at radius 1 is 1.54 bits per heavy atom. The molecule has 0 aliphatic rings. The fraction of sp³-hybridized carbons (Fsp3) is 0.143. The van der Waals surface area contributed by atoms with Crippen LogP contribution in [-0.4, -0.2) is 16.4 Å². The van der Waals surface area contributed by atoms with Gasteiger partial charge < -0.3 is 10.1 Å². The van der Waals surface area contributed by atoms with Crippen molar-refractivity contribution in [3.05, 3.63) is 27.7 Å². The van der Waals surface area contributed by atoms with Crippen molar-refractivity contribution in [1.82, 2.24) is 4.98 Å². The first-order valence-corrected chi connectivity index (χ1v) is 3.25. The Morgan fingerprint density at radius 3 is 2.62 bits per heavy atom. The summed E-state index contributed by atoms with van der Waals surface area (Å²) >= 11 is 0. The van der Waals surface area contributed by atoms with E-state index in [0.717, 1.165) is 6.20 Å². The lowest BCUT2D eigenvalue weighted by Gasteiger charge is -2.02. The number of aromatic nitrogens is 1. The van der Waals surface area contributed by atoms with Crippen LogP contribution < -0.4 is 5.43 Å². The van der Waals surface area contributed by atoms with Crippen molar-refractivity contribution in [1.29, 1.82) is 0 Å². The van der Waals surface area contributed by atoms with Gasteiger partial charge in [0.15, 0.2) is 12.0 Å². The van der Waals surface area contributed by atoms with E-state index in [1.165, 1.54) is 0 Å². The van der Waals surface area contributed by atoms with Gasteiger partial charge in [0, 0.05) is 6.20 Å². The van der Waals surface area contributed by atoms with Crippen LogP contribution in [-0.2, 0) is 0 Å². The molecule has 0 aliphatic carbocycles. The number of alkyl halides is 2. The van der Waals surface area contributed by atoms with Crippen LogP contribution in [0.15, 0.2) is 11.0 Å². The van der Waals surface area contributed by atoms with Crippen LogP contribution >= 0.6 is 0 Å². The van der Waals surface area contributed by atoms with Crippen LogP contribution in [0.2, 0.25) is 0 Å². The second kappa shape index (κ2) is 3.34. The molecule has 1 rings (SSSR count). The molecule has 0 spiro atoms. The third-order valence-corrected chi connectivity index (χ3v) is 1.47. The van der Waals surface area contributed by atoms with Crippen molar-refractivity contribution >= 4 is 6.29 Å². The van der Waals surface area contributed by atoms with E-state index in [-0.39, 0.29) is 6.29 Å². The number of aromatic hydroxyl groups is 1. The van der Waals surface area contributed by atoms with Crippen molar-refractivity contribution in [3.63, 3.8) is 0 Å². The van der Waals surface area contributed by atoms with Gasteiger partial charge in [-0.3, -0.25) is 9.59 Å². The van der Waals surface area contributed by atoms with Crippen LogP contribution in [0.25, 0.3) is 0 Å². The first-order chi connectivity index (χ1) is 6.07. The number of aromatic amines is 1. The molecule has 2 N–H and O–H groups in total. The lowest BCUT2D eigenvalue weighted by atomic mass is 10.2. The van der Waals surface area contributed by atoms with E-state index in [4.69, 9.17) is 5.11 Å². The van der Waals surface area contributed by atoms with Gasteiger partial charge in [-0.05, 0) is 0 Å². The van der Waals surface area contributed by atoms with Crippen LogP contribution in [0.4, 0.5) is 8.78 Å². The predicted molar refractivity (Wildman–Crippen MR) is 39.1 cm³/mol. The van der Waals surface area contributed by atoms with Gasteiger partial charge in [0.25, 0.3) is 6.43 Å². The first kappa shape index (κ1) is 9.37. The SMILES string of the molecule is O=Cc1[nH]cc(O)c(=O)c1C(F)F. The number of nitrogens with one attached hydrogen (secondary N) is 1. The maximum atomic E-state index is 12.2. The number of halogens is 2. The molecule has 1 aromatic rings. The van der Waals surface area contributed by atoms with Gasteiger partial charge >= 0.3 is 0 Å². The molecule has 1 heterocycles. The highest BCUT2D eigenvalue weighted by Crippen LogP contribution is 2.18. The van der Waals surface area contributed by atoms with Gasteiger partial charge in [0.1, 0.15) is 0 Å². The molecule has 0 saturated carbocycles. The van der Waals surface area contributed by atoms with Gasteiger partial charge in [0.2, 0.25) is 5.43 Å². The van der Waals surface area contributed by atoms with Gasteiger partial charge in [-0.25, -0.2) is 8.78 Å². The molecule has 0 fully saturated rings. The van der Waals surface area contributed by atoms with Gasteiger partial charge in [-0.1, -0.05) is 0 Å². The Morgan fingerprint density at radius 2 is 2.15 bits per heavy atom. The Labute approximate surface area is 70.8 Å². The van der Waals surface area contributed by atoms with E-state index >= 15 is 0 Å². The second-order valence-corrected chi connectivity index (χ2v) is 2.25. The molecule has 0 unspecified atom stereocenters. The molecule has 0 saturated heterocycles. The minimum atomic E-state index is -3.09. The number of carbonyl (C=O) groups is 1. The predicted octanol–water partition coefficient (Wildman–Crippen LogP) is 0.831. The molecule has 1 aromatic heterocycles. The van der Waals surface area contributed by atoms with E-state index in [0.29, 0.717) is 0 Å². The monoisotopic (exact) mass is 189 g/mol. The zero-order valence-electron chi connectivity index (χ0n) is 6.25. The average Bonchev–Trinajstić information content (AvgIpc) is 2.08. The number of aldehydes is 1. The highest BCUT2D eigenvalue weighted by atomic mass is 19.3. The first-order valence-electron chi connectivity index (χ1n) is 3.25. The lowest BCUT2D eigenvalue weighted by molar-refractivity contribution is 0.110. The molecular weight excluding hydrogens is 184 g/mol. The molecule has 0 radical (unpaired) electrons. The van der Waals surface area contributed by atoms with E-state index in [1.54, 1.807) is 0 Å². The van der Waals surface area contributed by atoms with Gasteiger partial charge in [0.05, 0.1) is 11.3 Å². The van der Waals surface area contributed by atoms with Crippen molar-refractivity contribution in [2.45, 2.75) is 6.43 Å². The third-order valence-electron chi connectivity index (χ3n) is 1.47. The summed E-state index contributed by atoms with van der Waals surface area (Å²) in [6.07, 6.45) is -2.20. The smallest absolute Gasteiger partial charge is 0.269 e. The van der Waals surface area contributed by atoms with Gasteiger partial charge in [-0.2, -0.15) is 0 Å². The number of H-pyrrole nitrogens is 1. The standard InChI is InChI=1S/C7H5F2NO3/c8-7(9)5-3(2-11)10-1-4(12)6(5)13/h1-2,7,12H,(H,10,13). The number of hydrogen-bond donors (Lipinski definition) is 2. The molecule has 0 bridgehead atoms. The van der Waals surface area contributed by atoms with E-state index in [1.807, 2.05) is 0 Å². The normalized spacial score (nSPS) is 10.4. The molecule has 0 aliphatic heterocycles. The molecule has 0 atom stereocenters. The number of hydrogen-bond acceptors (Lipinski definition) is 3. The van der Waals surface area contributed by atoms with E-state index < -0.39 is 28.9 Å². The molecule has 70 valence electrons. The number of carbonyl (C=O) groups excluding carboxylic acids is 1. The Bertz CT molecular complexity index is 386. The highest BCUT2D eigenvalue weighted by Gasteiger charge is 2.19. The van der Waals surface area contributed by atoms with E-state index in [2.05, 4.69) is 4.98 Å².